The number of hydrogen-bond donors (Lipinski definition) is 1. The smallest absolute Gasteiger partial charge is 0.317 e. The van der Waals surface area contributed by atoms with Crippen molar-refractivity contribution < 1.29 is 14.6 Å². The maximum atomic E-state index is 10.8. The lowest BCUT2D eigenvalue weighted by atomic mass is 10.2. The Balaban J connectivity index is 2.55. The van der Waals surface area contributed by atoms with Crippen molar-refractivity contribution in [3.63, 3.8) is 0 Å². The zero-order valence-electron chi connectivity index (χ0n) is 12.6. The van der Waals surface area contributed by atoms with E-state index in [2.05, 4.69) is 20.8 Å². The van der Waals surface area contributed by atoms with Crippen LogP contribution in [0.4, 0.5) is 0 Å². The molecule has 0 atom stereocenters. The summed E-state index contributed by atoms with van der Waals surface area (Å²) in [5.41, 5.74) is 1.11. The molecule has 4 nitrogen and oxygen atoms in total. The molecule has 1 N–H and O–H groups in total. The van der Waals surface area contributed by atoms with Crippen molar-refractivity contribution in [2.24, 2.45) is 5.92 Å². The Kier molecular flexibility index (Phi) is 7.09. The topological polar surface area (TPSA) is 49.8 Å². The van der Waals surface area contributed by atoms with Crippen LogP contribution in [0.15, 0.2) is 24.3 Å². The molecule has 0 radical (unpaired) electrons. The third-order valence-corrected chi connectivity index (χ3v) is 2.81. The zero-order valence-corrected chi connectivity index (χ0v) is 12.6. The van der Waals surface area contributed by atoms with E-state index in [0.29, 0.717) is 19.1 Å². The second kappa shape index (κ2) is 8.59. The van der Waals surface area contributed by atoms with Gasteiger partial charge in [-0.25, -0.2) is 0 Å². The van der Waals surface area contributed by atoms with E-state index in [1.54, 1.807) is 0 Å². The average molecular weight is 279 g/mol. The van der Waals surface area contributed by atoms with Gasteiger partial charge in [0.2, 0.25) is 0 Å². The molecule has 0 bridgehead atoms. The van der Waals surface area contributed by atoms with Crippen molar-refractivity contribution in [3.8, 4) is 5.75 Å². The van der Waals surface area contributed by atoms with Crippen molar-refractivity contribution in [3.05, 3.63) is 29.8 Å². The summed E-state index contributed by atoms with van der Waals surface area (Å²) in [5.74, 6) is 0.586. The quantitative estimate of drug-likeness (QED) is 0.755. The first-order chi connectivity index (χ1) is 9.51. The van der Waals surface area contributed by atoms with Gasteiger partial charge in [0.1, 0.15) is 5.75 Å². The van der Waals surface area contributed by atoms with Gasteiger partial charge in [-0.2, -0.15) is 0 Å². The van der Waals surface area contributed by atoms with Crippen molar-refractivity contribution >= 4 is 5.97 Å². The number of ether oxygens (including phenoxy) is 1. The first-order valence-corrected chi connectivity index (χ1v) is 7.17. The van der Waals surface area contributed by atoms with Crippen molar-refractivity contribution in [1.82, 2.24) is 4.90 Å². The van der Waals surface area contributed by atoms with E-state index < -0.39 is 5.97 Å². The fourth-order valence-electron chi connectivity index (χ4n) is 1.93. The SMILES string of the molecule is CCCN(CC(=O)O)Cc1ccc(OCC(C)C)cc1. The summed E-state index contributed by atoms with van der Waals surface area (Å²) >= 11 is 0. The highest BCUT2D eigenvalue weighted by Gasteiger charge is 2.09. The van der Waals surface area contributed by atoms with Gasteiger partial charge in [0.05, 0.1) is 13.2 Å². The lowest BCUT2D eigenvalue weighted by Crippen LogP contribution is -2.30. The predicted molar refractivity (Wildman–Crippen MR) is 80.0 cm³/mol. The Bertz CT molecular complexity index is 401. The van der Waals surface area contributed by atoms with E-state index >= 15 is 0 Å². The molecule has 0 saturated carbocycles. The number of benzene rings is 1. The molecular formula is C16H25NO3. The summed E-state index contributed by atoms with van der Waals surface area (Å²) < 4.78 is 5.63. The Labute approximate surface area is 121 Å². The molecule has 0 saturated heterocycles. The maximum absolute atomic E-state index is 10.8. The van der Waals surface area contributed by atoms with Crippen LogP contribution >= 0.6 is 0 Å². The van der Waals surface area contributed by atoms with Crippen LogP contribution in [0, 0.1) is 5.92 Å². The van der Waals surface area contributed by atoms with Crippen LogP contribution in [0.25, 0.3) is 0 Å². The second-order valence-corrected chi connectivity index (χ2v) is 5.45. The number of nitrogens with zero attached hydrogens (tertiary/aromatic N) is 1. The van der Waals surface area contributed by atoms with E-state index in [1.165, 1.54) is 0 Å². The number of hydrogen-bond acceptors (Lipinski definition) is 3. The molecule has 0 aromatic heterocycles. The Morgan fingerprint density at radius 1 is 1.30 bits per heavy atom. The molecule has 0 aliphatic carbocycles. The molecule has 0 unspecified atom stereocenters. The summed E-state index contributed by atoms with van der Waals surface area (Å²) in [6.07, 6.45) is 0.947. The van der Waals surface area contributed by atoms with Gasteiger partial charge < -0.3 is 9.84 Å². The molecule has 1 aromatic rings. The van der Waals surface area contributed by atoms with Crippen LogP contribution < -0.4 is 4.74 Å². The van der Waals surface area contributed by atoms with Gasteiger partial charge in [-0.05, 0) is 36.6 Å². The molecule has 20 heavy (non-hydrogen) atoms. The predicted octanol–water partition coefficient (Wildman–Crippen LogP) is 3.02. The van der Waals surface area contributed by atoms with E-state index in [-0.39, 0.29) is 6.54 Å². The third kappa shape index (κ3) is 6.57. The average Bonchev–Trinajstić information content (AvgIpc) is 2.37. The van der Waals surface area contributed by atoms with E-state index in [1.807, 2.05) is 29.2 Å². The molecule has 0 aliphatic heterocycles. The van der Waals surface area contributed by atoms with Crippen LogP contribution in [0.2, 0.25) is 0 Å². The van der Waals surface area contributed by atoms with Gasteiger partial charge >= 0.3 is 5.97 Å². The minimum atomic E-state index is -0.782. The van der Waals surface area contributed by atoms with Gasteiger partial charge in [-0.1, -0.05) is 32.9 Å². The van der Waals surface area contributed by atoms with Crippen LogP contribution in [-0.2, 0) is 11.3 Å². The minimum absolute atomic E-state index is 0.0828. The van der Waals surface area contributed by atoms with Gasteiger partial charge in [-0.3, -0.25) is 9.69 Å². The summed E-state index contributed by atoms with van der Waals surface area (Å²) in [5, 5.41) is 8.89. The fourth-order valence-corrected chi connectivity index (χ4v) is 1.93. The largest absolute Gasteiger partial charge is 0.493 e. The molecule has 0 amide bonds. The lowest BCUT2D eigenvalue weighted by molar-refractivity contribution is -0.138. The van der Waals surface area contributed by atoms with Gasteiger partial charge in [0, 0.05) is 6.54 Å². The Hall–Kier alpha value is -1.55. The van der Waals surface area contributed by atoms with Crippen LogP contribution in [0.5, 0.6) is 5.75 Å². The molecular weight excluding hydrogens is 254 g/mol. The number of aliphatic carboxylic acids is 1. The lowest BCUT2D eigenvalue weighted by Gasteiger charge is -2.19. The number of carbonyl (C=O) groups is 1. The first kappa shape index (κ1) is 16.5. The summed E-state index contributed by atoms with van der Waals surface area (Å²) in [7, 11) is 0. The minimum Gasteiger partial charge on any atom is -0.493 e. The van der Waals surface area contributed by atoms with Crippen molar-refractivity contribution in [2.75, 3.05) is 19.7 Å². The van der Waals surface area contributed by atoms with Crippen LogP contribution in [0.1, 0.15) is 32.8 Å². The molecule has 0 fully saturated rings. The Morgan fingerprint density at radius 3 is 2.45 bits per heavy atom. The fraction of sp³-hybridized carbons (Fsp3) is 0.562. The second-order valence-electron chi connectivity index (χ2n) is 5.45. The molecule has 4 heteroatoms. The van der Waals surface area contributed by atoms with Crippen molar-refractivity contribution in [1.29, 1.82) is 0 Å². The highest BCUT2D eigenvalue weighted by molar-refractivity contribution is 5.69. The molecule has 1 rings (SSSR count). The Morgan fingerprint density at radius 2 is 1.95 bits per heavy atom. The zero-order chi connectivity index (χ0) is 15.0. The van der Waals surface area contributed by atoms with Gasteiger partial charge in [0.25, 0.3) is 0 Å². The maximum Gasteiger partial charge on any atom is 0.317 e. The molecule has 0 aliphatic rings. The van der Waals surface area contributed by atoms with Crippen LogP contribution in [-0.4, -0.2) is 35.7 Å². The molecule has 1 aromatic carbocycles. The molecule has 0 spiro atoms. The van der Waals surface area contributed by atoms with E-state index in [9.17, 15) is 4.79 Å². The van der Waals surface area contributed by atoms with E-state index in [0.717, 1.165) is 24.3 Å². The highest BCUT2D eigenvalue weighted by atomic mass is 16.5. The summed E-state index contributed by atoms with van der Waals surface area (Å²) in [4.78, 5) is 12.8. The molecule has 112 valence electrons. The highest BCUT2D eigenvalue weighted by Crippen LogP contribution is 2.14. The monoisotopic (exact) mass is 279 g/mol. The van der Waals surface area contributed by atoms with Gasteiger partial charge in [0.15, 0.2) is 0 Å². The standard InChI is InChI=1S/C16H25NO3/c1-4-9-17(11-16(18)19)10-14-5-7-15(8-6-14)20-12-13(2)3/h5-8,13H,4,9-12H2,1-3H3,(H,18,19). The van der Waals surface area contributed by atoms with Crippen molar-refractivity contribution in [2.45, 2.75) is 33.7 Å². The normalized spacial score (nSPS) is 11.1. The number of carboxylic acid groups (broad SMARTS) is 1. The number of rotatable bonds is 9. The van der Waals surface area contributed by atoms with E-state index in [4.69, 9.17) is 9.84 Å². The first-order valence-electron chi connectivity index (χ1n) is 7.17. The summed E-state index contributed by atoms with van der Waals surface area (Å²) in [6.45, 7) is 8.52. The van der Waals surface area contributed by atoms with Crippen LogP contribution in [0.3, 0.4) is 0 Å². The molecule has 0 heterocycles. The number of carboxylic acids is 1. The van der Waals surface area contributed by atoms with Gasteiger partial charge in [-0.15, -0.1) is 0 Å². The summed E-state index contributed by atoms with van der Waals surface area (Å²) in [6, 6.07) is 7.89. The third-order valence-electron chi connectivity index (χ3n) is 2.81.